The number of rotatable bonds is 10. The fraction of sp³-hybridized carbons (Fsp3) is 0.368. The average molecular weight is 469 g/mol. The van der Waals surface area contributed by atoms with E-state index in [2.05, 4.69) is 38.7 Å². The van der Waals surface area contributed by atoms with Crippen molar-refractivity contribution in [2.24, 2.45) is 4.99 Å². The van der Waals surface area contributed by atoms with E-state index in [1.165, 1.54) is 0 Å². The van der Waals surface area contributed by atoms with Crippen LogP contribution in [0.1, 0.15) is 18.9 Å². The molecule has 0 unspecified atom stereocenters. The topological polar surface area (TPSA) is 63.5 Å². The van der Waals surface area contributed by atoms with Crippen LogP contribution in [0.5, 0.6) is 5.75 Å². The number of halogens is 1. The molecule has 0 fully saturated rings. The first kappa shape index (κ1) is 22.0. The maximum Gasteiger partial charge on any atom is 0.191 e. The fourth-order valence-electron chi connectivity index (χ4n) is 2.32. The van der Waals surface area contributed by atoms with Crippen molar-refractivity contribution >= 4 is 29.9 Å². The molecule has 0 saturated carbocycles. The molecule has 7 heteroatoms. The summed E-state index contributed by atoms with van der Waals surface area (Å²) < 4.78 is 7.75. The van der Waals surface area contributed by atoms with Crippen molar-refractivity contribution in [1.82, 2.24) is 20.2 Å². The largest absolute Gasteiger partial charge is 0.489 e. The number of aryl methyl sites for hydroxylation is 1. The Balaban J connectivity index is 0.00000338. The third-order valence-electron chi connectivity index (χ3n) is 3.53. The van der Waals surface area contributed by atoms with Crippen molar-refractivity contribution in [3.8, 4) is 5.75 Å². The van der Waals surface area contributed by atoms with Crippen molar-refractivity contribution < 1.29 is 4.74 Å². The molecule has 26 heavy (non-hydrogen) atoms. The molecule has 0 bridgehead atoms. The number of hydrogen-bond donors (Lipinski definition) is 2. The van der Waals surface area contributed by atoms with Crippen molar-refractivity contribution in [3.63, 3.8) is 0 Å². The molecule has 142 valence electrons. The summed E-state index contributed by atoms with van der Waals surface area (Å²) in [5, 5.41) is 6.64. The zero-order valence-corrected chi connectivity index (χ0v) is 17.6. The molecule has 0 radical (unpaired) electrons. The van der Waals surface area contributed by atoms with E-state index < -0.39 is 0 Å². The molecule has 0 atom stereocenters. The molecule has 0 aliphatic carbocycles. The van der Waals surface area contributed by atoms with Gasteiger partial charge < -0.3 is 19.9 Å². The van der Waals surface area contributed by atoms with E-state index in [-0.39, 0.29) is 24.0 Å². The Labute approximate surface area is 172 Å². The van der Waals surface area contributed by atoms with Gasteiger partial charge in [0.1, 0.15) is 12.4 Å². The van der Waals surface area contributed by atoms with Crippen LogP contribution in [0.3, 0.4) is 0 Å². The Bertz CT molecular complexity index is 658. The Morgan fingerprint density at radius 2 is 2.19 bits per heavy atom. The van der Waals surface area contributed by atoms with Crippen LogP contribution in [-0.4, -0.2) is 35.2 Å². The number of para-hydroxylation sites is 1. The van der Waals surface area contributed by atoms with E-state index in [0.717, 1.165) is 43.3 Å². The zero-order chi connectivity index (χ0) is 17.7. The summed E-state index contributed by atoms with van der Waals surface area (Å²) >= 11 is 0. The zero-order valence-electron chi connectivity index (χ0n) is 15.2. The minimum Gasteiger partial charge on any atom is -0.489 e. The van der Waals surface area contributed by atoms with Crippen LogP contribution in [0.4, 0.5) is 0 Å². The molecule has 1 heterocycles. The highest BCUT2D eigenvalue weighted by Crippen LogP contribution is 2.18. The lowest BCUT2D eigenvalue weighted by Crippen LogP contribution is -2.38. The van der Waals surface area contributed by atoms with Crippen LogP contribution in [0.15, 0.2) is 60.6 Å². The van der Waals surface area contributed by atoms with E-state index in [0.29, 0.717) is 13.2 Å². The number of aromatic nitrogens is 2. The molecule has 2 aromatic rings. The number of nitrogens with one attached hydrogen (secondary N) is 2. The summed E-state index contributed by atoms with van der Waals surface area (Å²) in [5.74, 6) is 1.66. The third-order valence-corrected chi connectivity index (χ3v) is 3.53. The number of aliphatic imine (C=N–C) groups is 1. The first-order valence-electron chi connectivity index (χ1n) is 8.63. The number of benzene rings is 1. The summed E-state index contributed by atoms with van der Waals surface area (Å²) in [6, 6.07) is 7.95. The van der Waals surface area contributed by atoms with E-state index in [1.807, 2.05) is 36.8 Å². The minimum atomic E-state index is 0. The SMILES string of the molecule is C=CCOc1ccccc1CN=C(NCC)NCCCn1ccnc1.I. The number of imidazole rings is 1. The molecular weight excluding hydrogens is 441 g/mol. The van der Waals surface area contributed by atoms with Gasteiger partial charge in [0, 0.05) is 37.6 Å². The van der Waals surface area contributed by atoms with Gasteiger partial charge in [-0.25, -0.2) is 9.98 Å². The summed E-state index contributed by atoms with van der Waals surface area (Å²) in [6.45, 7) is 9.40. The second kappa shape index (κ2) is 13.2. The molecule has 1 aromatic heterocycles. The molecule has 0 saturated heterocycles. The highest BCUT2D eigenvalue weighted by molar-refractivity contribution is 14.0. The van der Waals surface area contributed by atoms with Crippen LogP contribution in [0.2, 0.25) is 0 Å². The van der Waals surface area contributed by atoms with Crippen molar-refractivity contribution in [1.29, 1.82) is 0 Å². The lowest BCUT2D eigenvalue weighted by molar-refractivity contribution is 0.359. The average Bonchev–Trinajstić information content (AvgIpc) is 3.15. The normalized spacial score (nSPS) is 10.7. The van der Waals surface area contributed by atoms with E-state index in [4.69, 9.17) is 4.74 Å². The molecule has 0 aliphatic rings. The summed E-state index contributed by atoms with van der Waals surface area (Å²) in [6.07, 6.45) is 8.34. The van der Waals surface area contributed by atoms with Gasteiger partial charge in [-0.2, -0.15) is 0 Å². The van der Waals surface area contributed by atoms with Crippen LogP contribution in [-0.2, 0) is 13.1 Å². The molecule has 0 amide bonds. The number of ether oxygens (including phenoxy) is 1. The Morgan fingerprint density at radius 1 is 1.35 bits per heavy atom. The fourth-order valence-corrected chi connectivity index (χ4v) is 2.32. The second-order valence-electron chi connectivity index (χ2n) is 5.48. The minimum absolute atomic E-state index is 0. The molecule has 0 spiro atoms. The maximum atomic E-state index is 5.68. The predicted octanol–water partition coefficient (Wildman–Crippen LogP) is 3.21. The van der Waals surface area contributed by atoms with Gasteiger partial charge in [0.25, 0.3) is 0 Å². The van der Waals surface area contributed by atoms with E-state index in [1.54, 1.807) is 12.3 Å². The first-order chi connectivity index (χ1) is 12.3. The number of hydrogen-bond acceptors (Lipinski definition) is 3. The number of guanidine groups is 1. The van der Waals surface area contributed by atoms with Gasteiger partial charge in [-0.1, -0.05) is 30.9 Å². The van der Waals surface area contributed by atoms with Gasteiger partial charge in [-0.15, -0.1) is 24.0 Å². The molecular formula is C19H28IN5O. The monoisotopic (exact) mass is 469 g/mol. The smallest absolute Gasteiger partial charge is 0.191 e. The van der Waals surface area contributed by atoms with Crippen LogP contribution >= 0.6 is 24.0 Å². The lowest BCUT2D eigenvalue weighted by Gasteiger charge is -2.12. The quantitative estimate of drug-likeness (QED) is 0.185. The van der Waals surface area contributed by atoms with Gasteiger partial charge in [0.05, 0.1) is 12.9 Å². The Kier molecular flexibility index (Phi) is 11.2. The van der Waals surface area contributed by atoms with Gasteiger partial charge in [0.15, 0.2) is 5.96 Å². The van der Waals surface area contributed by atoms with E-state index >= 15 is 0 Å². The highest BCUT2D eigenvalue weighted by atomic mass is 127. The van der Waals surface area contributed by atoms with Crippen molar-refractivity contribution in [3.05, 3.63) is 61.2 Å². The van der Waals surface area contributed by atoms with Crippen LogP contribution in [0.25, 0.3) is 0 Å². The standard InChI is InChI=1S/C19H27N5O.HI/c1-3-14-25-18-9-6-5-8-17(18)15-23-19(21-4-2)22-10-7-12-24-13-11-20-16-24;/h3,5-6,8-9,11,13,16H,1,4,7,10,12,14-15H2,2H3,(H2,21,22,23);1H. The Morgan fingerprint density at radius 3 is 2.92 bits per heavy atom. The summed E-state index contributed by atoms with van der Waals surface area (Å²) in [5.41, 5.74) is 1.06. The van der Waals surface area contributed by atoms with Gasteiger partial charge in [-0.3, -0.25) is 0 Å². The highest BCUT2D eigenvalue weighted by Gasteiger charge is 2.03. The summed E-state index contributed by atoms with van der Waals surface area (Å²) in [7, 11) is 0. The predicted molar refractivity (Wildman–Crippen MR) is 117 cm³/mol. The van der Waals surface area contributed by atoms with Crippen LogP contribution in [0, 0.1) is 0 Å². The van der Waals surface area contributed by atoms with Gasteiger partial charge in [-0.05, 0) is 19.4 Å². The van der Waals surface area contributed by atoms with Crippen LogP contribution < -0.4 is 15.4 Å². The summed E-state index contributed by atoms with van der Waals surface area (Å²) in [4.78, 5) is 8.70. The molecule has 2 rings (SSSR count). The van der Waals surface area contributed by atoms with Crippen molar-refractivity contribution in [2.45, 2.75) is 26.4 Å². The molecule has 0 aliphatic heterocycles. The third kappa shape index (κ3) is 7.90. The molecule has 2 N–H and O–H groups in total. The van der Waals surface area contributed by atoms with Gasteiger partial charge >= 0.3 is 0 Å². The second-order valence-corrected chi connectivity index (χ2v) is 5.48. The lowest BCUT2D eigenvalue weighted by atomic mass is 10.2. The van der Waals surface area contributed by atoms with Gasteiger partial charge in [0.2, 0.25) is 0 Å². The Hall–Kier alpha value is -2.03. The number of nitrogens with zero attached hydrogens (tertiary/aromatic N) is 3. The first-order valence-corrected chi connectivity index (χ1v) is 8.63. The molecule has 1 aromatic carbocycles. The maximum absolute atomic E-state index is 5.68. The van der Waals surface area contributed by atoms with Crippen molar-refractivity contribution in [2.75, 3.05) is 19.7 Å². The molecule has 6 nitrogen and oxygen atoms in total. The van der Waals surface area contributed by atoms with E-state index in [9.17, 15) is 0 Å².